The first-order valence-electron chi connectivity index (χ1n) is 4.40. The largest absolute Gasteiger partial charge is 0.475 e. The molecule has 6 nitrogen and oxygen atoms in total. The lowest BCUT2D eigenvalue weighted by atomic mass is 10.4. The Morgan fingerprint density at radius 2 is 2.24 bits per heavy atom. The fourth-order valence-corrected chi connectivity index (χ4v) is 2.97. The number of carbonyl (C=O) groups is 1. The lowest BCUT2D eigenvalue weighted by Crippen LogP contribution is -2.25. The van der Waals surface area contributed by atoms with Gasteiger partial charge in [0.1, 0.15) is 4.90 Å². The number of carboxylic acids is 1. The second-order valence-corrected chi connectivity index (χ2v) is 5.79. The Morgan fingerprint density at radius 1 is 1.65 bits per heavy atom. The number of nitrogens with one attached hydrogen (secondary N) is 1. The topological polar surface area (TPSA) is 96.6 Å². The first kappa shape index (κ1) is 13.9. The average Bonchev–Trinajstić information content (AvgIpc) is 2.58. The summed E-state index contributed by atoms with van der Waals surface area (Å²) in [7, 11) is -3.81. The number of hydrogen-bond acceptors (Lipinski definition) is 4. The van der Waals surface area contributed by atoms with Crippen LogP contribution in [0.4, 0.5) is 0 Å². The van der Waals surface area contributed by atoms with E-state index in [-0.39, 0.29) is 16.1 Å². The fraction of sp³-hybridized carbons (Fsp3) is 0.222. The smallest absolute Gasteiger partial charge is 0.371 e. The third-order valence-electron chi connectivity index (χ3n) is 1.72. The molecule has 0 aliphatic rings. The zero-order valence-electron chi connectivity index (χ0n) is 8.86. The molecule has 0 unspecified atom stereocenters. The normalized spacial score (nSPS) is 11.4. The summed E-state index contributed by atoms with van der Waals surface area (Å²) >= 11 is 2.86. The van der Waals surface area contributed by atoms with Crippen molar-refractivity contribution < 1.29 is 22.7 Å². The Hall–Kier alpha value is -1.12. The molecule has 1 aromatic rings. The molecule has 0 bridgehead atoms. The van der Waals surface area contributed by atoms with Crippen LogP contribution in [0.3, 0.4) is 0 Å². The summed E-state index contributed by atoms with van der Waals surface area (Å²) in [5, 5.41) is 8.66. The Labute approximate surface area is 106 Å². The SMILES string of the molecule is C=C(C)CNS(=O)(=O)c1cc(C(=O)O)oc1Br. The Bertz CT molecular complexity index is 560. The van der Waals surface area contributed by atoms with Crippen LogP contribution in [0.5, 0.6) is 0 Å². The van der Waals surface area contributed by atoms with Gasteiger partial charge in [0.2, 0.25) is 15.8 Å². The molecule has 0 saturated heterocycles. The molecule has 0 fully saturated rings. The van der Waals surface area contributed by atoms with Crippen LogP contribution in [0, 0.1) is 0 Å². The molecule has 0 radical (unpaired) electrons. The average molecular weight is 324 g/mol. The van der Waals surface area contributed by atoms with Crippen molar-refractivity contribution in [3.63, 3.8) is 0 Å². The van der Waals surface area contributed by atoms with Gasteiger partial charge in [-0.1, -0.05) is 12.2 Å². The lowest BCUT2D eigenvalue weighted by Gasteiger charge is -2.03. The van der Waals surface area contributed by atoms with Crippen LogP contribution in [0.25, 0.3) is 0 Å². The standard InChI is InChI=1S/C9H10BrNO5S/c1-5(2)4-11-17(14,15)7-3-6(9(12)13)16-8(7)10/h3,11H,1,4H2,2H3,(H,12,13). The third-order valence-corrected chi connectivity index (χ3v) is 3.98. The lowest BCUT2D eigenvalue weighted by molar-refractivity contribution is 0.0661. The predicted molar refractivity (Wildman–Crippen MR) is 63.4 cm³/mol. The van der Waals surface area contributed by atoms with Gasteiger partial charge in [-0.15, -0.1) is 0 Å². The quantitative estimate of drug-likeness (QED) is 0.802. The van der Waals surface area contributed by atoms with Crippen molar-refractivity contribution in [2.75, 3.05) is 6.54 Å². The van der Waals surface area contributed by atoms with Crippen LogP contribution in [-0.2, 0) is 10.0 Å². The van der Waals surface area contributed by atoms with E-state index in [0.29, 0.717) is 5.57 Å². The molecule has 0 spiro atoms. The first-order chi connectivity index (χ1) is 7.74. The van der Waals surface area contributed by atoms with E-state index in [1.54, 1.807) is 6.92 Å². The summed E-state index contributed by atoms with van der Waals surface area (Å²) < 4.78 is 30.4. The molecule has 0 amide bonds. The van der Waals surface area contributed by atoms with E-state index in [9.17, 15) is 13.2 Å². The minimum Gasteiger partial charge on any atom is -0.475 e. The van der Waals surface area contributed by atoms with Crippen molar-refractivity contribution in [3.8, 4) is 0 Å². The van der Waals surface area contributed by atoms with Crippen molar-refractivity contribution in [2.24, 2.45) is 0 Å². The maximum atomic E-state index is 11.8. The molecule has 1 heterocycles. The molecule has 2 N–H and O–H groups in total. The Balaban J connectivity index is 3.07. The van der Waals surface area contributed by atoms with Gasteiger partial charge in [0.15, 0.2) is 4.67 Å². The summed E-state index contributed by atoms with van der Waals surface area (Å²) in [5.41, 5.74) is 0.631. The summed E-state index contributed by atoms with van der Waals surface area (Å²) in [5.74, 6) is -1.79. The number of aromatic carboxylic acids is 1. The molecule has 0 aliphatic carbocycles. The van der Waals surface area contributed by atoms with Crippen LogP contribution in [0.15, 0.2) is 32.2 Å². The van der Waals surface area contributed by atoms with Gasteiger partial charge in [0.25, 0.3) is 0 Å². The van der Waals surface area contributed by atoms with Crippen LogP contribution in [0.1, 0.15) is 17.5 Å². The second-order valence-electron chi connectivity index (χ2n) is 3.34. The number of hydrogen-bond donors (Lipinski definition) is 2. The van der Waals surface area contributed by atoms with E-state index in [1.165, 1.54) is 0 Å². The maximum Gasteiger partial charge on any atom is 0.371 e. The highest BCUT2D eigenvalue weighted by atomic mass is 79.9. The van der Waals surface area contributed by atoms with E-state index >= 15 is 0 Å². The minimum atomic E-state index is -3.81. The Morgan fingerprint density at radius 3 is 2.65 bits per heavy atom. The zero-order valence-corrected chi connectivity index (χ0v) is 11.3. The second kappa shape index (κ2) is 5.03. The minimum absolute atomic E-state index is 0.0718. The van der Waals surface area contributed by atoms with Crippen LogP contribution >= 0.6 is 15.9 Å². The van der Waals surface area contributed by atoms with Gasteiger partial charge in [-0.3, -0.25) is 0 Å². The number of rotatable bonds is 5. The Kier molecular flexibility index (Phi) is 4.12. The van der Waals surface area contributed by atoms with Gasteiger partial charge < -0.3 is 9.52 Å². The van der Waals surface area contributed by atoms with Gasteiger partial charge in [-0.05, 0) is 22.9 Å². The summed E-state index contributed by atoms with van der Waals surface area (Å²) in [6.45, 7) is 5.29. The molecule has 1 rings (SSSR count). The fourth-order valence-electron chi connectivity index (χ4n) is 0.937. The summed E-state index contributed by atoms with van der Waals surface area (Å²) in [6.07, 6.45) is 0. The maximum absolute atomic E-state index is 11.8. The highest BCUT2D eigenvalue weighted by molar-refractivity contribution is 9.10. The van der Waals surface area contributed by atoms with E-state index < -0.39 is 21.8 Å². The molecule has 8 heteroatoms. The van der Waals surface area contributed by atoms with Crippen molar-refractivity contribution in [2.45, 2.75) is 11.8 Å². The molecule has 17 heavy (non-hydrogen) atoms. The number of halogens is 1. The zero-order chi connectivity index (χ0) is 13.2. The molecule has 94 valence electrons. The highest BCUT2D eigenvalue weighted by Crippen LogP contribution is 2.25. The van der Waals surface area contributed by atoms with E-state index in [0.717, 1.165) is 6.07 Å². The number of sulfonamides is 1. The monoisotopic (exact) mass is 323 g/mol. The van der Waals surface area contributed by atoms with Crippen molar-refractivity contribution >= 4 is 31.9 Å². The molecular formula is C9H10BrNO5S. The number of furan rings is 1. The molecule has 0 aliphatic heterocycles. The van der Waals surface area contributed by atoms with Crippen molar-refractivity contribution in [3.05, 3.63) is 28.6 Å². The van der Waals surface area contributed by atoms with E-state index in [4.69, 9.17) is 9.52 Å². The molecule has 0 atom stereocenters. The summed E-state index contributed by atoms with van der Waals surface area (Å²) in [6, 6.07) is 0.938. The molecule has 0 saturated carbocycles. The van der Waals surface area contributed by atoms with E-state index in [1.807, 2.05) is 0 Å². The van der Waals surface area contributed by atoms with Gasteiger partial charge in [-0.25, -0.2) is 17.9 Å². The predicted octanol–water partition coefficient (Wildman–Crippen LogP) is 1.59. The molecule has 1 aromatic heterocycles. The number of carboxylic acid groups (broad SMARTS) is 1. The van der Waals surface area contributed by atoms with Gasteiger partial charge >= 0.3 is 5.97 Å². The van der Waals surface area contributed by atoms with Crippen LogP contribution < -0.4 is 4.72 Å². The van der Waals surface area contributed by atoms with Gasteiger partial charge in [-0.2, -0.15) is 0 Å². The van der Waals surface area contributed by atoms with Gasteiger partial charge in [0, 0.05) is 12.6 Å². The first-order valence-corrected chi connectivity index (χ1v) is 6.68. The van der Waals surface area contributed by atoms with Crippen LogP contribution in [0.2, 0.25) is 0 Å². The highest BCUT2D eigenvalue weighted by Gasteiger charge is 2.24. The van der Waals surface area contributed by atoms with Crippen molar-refractivity contribution in [1.82, 2.24) is 4.72 Å². The van der Waals surface area contributed by atoms with Gasteiger partial charge in [0.05, 0.1) is 0 Å². The third kappa shape index (κ3) is 3.42. The van der Waals surface area contributed by atoms with E-state index in [2.05, 4.69) is 27.2 Å². The molecular weight excluding hydrogens is 314 g/mol. The summed E-state index contributed by atoms with van der Waals surface area (Å²) in [4.78, 5) is 10.4. The van der Waals surface area contributed by atoms with Crippen LogP contribution in [-0.4, -0.2) is 26.0 Å². The molecule has 0 aromatic carbocycles. The van der Waals surface area contributed by atoms with Crippen molar-refractivity contribution in [1.29, 1.82) is 0 Å².